The number of nitrogens with one attached hydrogen (secondary N) is 1. The van der Waals surface area contributed by atoms with Gasteiger partial charge in [0.15, 0.2) is 6.61 Å². The van der Waals surface area contributed by atoms with E-state index in [1.54, 1.807) is 13.0 Å². The topological polar surface area (TPSA) is 38.3 Å². The molecule has 6 heteroatoms. The Hall–Kier alpha value is -2.24. The Morgan fingerprint density at radius 2 is 1.96 bits per heavy atom. The summed E-state index contributed by atoms with van der Waals surface area (Å²) in [5.74, 6) is 0.756. The lowest BCUT2D eigenvalue weighted by Crippen LogP contribution is -2.26. The summed E-state index contributed by atoms with van der Waals surface area (Å²) in [6.45, 7) is 2.80. The Balaban J connectivity index is 1.70. The molecule has 0 aromatic heterocycles. The van der Waals surface area contributed by atoms with Crippen LogP contribution in [0.2, 0.25) is 0 Å². The van der Waals surface area contributed by atoms with Crippen LogP contribution in [-0.4, -0.2) is 25.2 Å². The lowest BCUT2D eigenvalue weighted by Gasteiger charge is -2.09. The molecule has 1 aliphatic carbocycles. The number of allylic oxidation sites excluding steroid dienone is 2. The average molecular weight is 367 g/mol. The van der Waals surface area contributed by atoms with Crippen LogP contribution >= 0.6 is 0 Å². The van der Waals surface area contributed by atoms with Gasteiger partial charge in [-0.2, -0.15) is 13.2 Å². The fourth-order valence-corrected chi connectivity index (χ4v) is 3.04. The quantitative estimate of drug-likeness (QED) is 0.415. The Bertz CT molecular complexity index is 653. The number of hydrogen-bond donors (Lipinski definition) is 1. The number of carbonyl (C=O) groups is 1. The first-order chi connectivity index (χ1) is 12.3. The smallest absolute Gasteiger partial charge is 0.422 e. The first-order valence-corrected chi connectivity index (χ1v) is 8.68. The monoisotopic (exact) mass is 367 g/mol. The van der Waals surface area contributed by atoms with E-state index in [2.05, 4.69) is 17.0 Å². The number of halogens is 3. The Morgan fingerprint density at radius 3 is 2.58 bits per heavy atom. The summed E-state index contributed by atoms with van der Waals surface area (Å²) in [5.41, 5.74) is 1.18. The van der Waals surface area contributed by atoms with E-state index in [0.29, 0.717) is 18.9 Å². The van der Waals surface area contributed by atoms with Gasteiger partial charge in [-0.25, -0.2) is 0 Å². The van der Waals surface area contributed by atoms with Gasteiger partial charge in [-0.1, -0.05) is 43.3 Å². The van der Waals surface area contributed by atoms with Crippen LogP contribution in [0.5, 0.6) is 0 Å². The van der Waals surface area contributed by atoms with Crippen LogP contribution < -0.4 is 5.32 Å². The van der Waals surface area contributed by atoms with E-state index in [1.807, 2.05) is 30.3 Å². The molecule has 26 heavy (non-hydrogen) atoms. The number of rotatable bonds is 8. The number of hydrogen-bond acceptors (Lipinski definition) is 2. The minimum Gasteiger partial charge on any atom is -0.484 e. The van der Waals surface area contributed by atoms with Crippen molar-refractivity contribution in [2.45, 2.75) is 32.4 Å². The van der Waals surface area contributed by atoms with Gasteiger partial charge in [-0.05, 0) is 42.9 Å². The van der Waals surface area contributed by atoms with E-state index in [1.165, 1.54) is 17.7 Å². The highest BCUT2D eigenvalue weighted by Gasteiger charge is 2.51. The van der Waals surface area contributed by atoms with Gasteiger partial charge in [0.25, 0.3) is 0 Å². The van der Waals surface area contributed by atoms with Gasteiger partial charge in [0.2, 0.25) is 5.91 Å². The van der Waals surface area contributed by atoms with Crippen molar-refractivity contribution >= 4 is 5.91 Å². The predicted octanol–water partition coefficient (Wildman–Crippen LogP) is 4.58. The maximum Gasteiger partial charge on any atom is 0.422 e. The molecule has 1 N–H and O–H groups in total. The molecule has 1 amide bonds. The third-order valence-electron chi connectivity index (χ3n) is 4.45. The number of amides is 1. The van der Waals surface area contributed by atoms with Crippen LogP contribution in [0.25, 0.3) is 0 Å². The molecule has 0 spiro atoms. The molecule has 142 valence electrons. The van der Waals surface area contributed by atoms with Gasteiger partial charge in [-0.15, -0.1) is 0 Å². The third-order valence-corrected chi connectivity index (χ3v) is 4.45. The number of carbonyl (C=O) groups excluding carboxylic acids is 1. The molecule has 3 unspecified atom stereocenters. The highest BCUT2D eigenvalue weighted by atomic mass is 19.4. The summed E-state index contributed by atoms with van der Waals surface area (Å²) >= 11 is 0. The Morgan fingerprint density at radius 1 is 1.27 bits per heavy atom. The van der Waals surface area contributed by atoms with Gasteiger partial charge in [0.05, 0.1) is 0 Å². The number of benzene rings is 1. The van der Waals surface area contributed by atoms with Crippen LogP contribution in [0.1, 0.15) is 31.7 Å². The molecule has 3 nitrogen and oxygen atoms in total. The number of alkyl halides is 3. The van der Waals surface area contributed by atoms with Crippen molar-refractivity contribution in [1.82, 2.24) is 5.32 Å². The summed E-state index contributed by atoms with van der Waals surface area (Å²) in [5, 5.41) is 2.89. The molecule has 0 aliphatic heterocycles. The molecular weight excluding hydrogens is 343 g/mol. The lowest BCUT2D eigenvalue weighted by molar-refractivity contribution is -0.163. The molecule has 1 aromatic rings. The molecule has 0 heterocycles. The molecule has 0 saturated heterocycles. The Labute approximate surface area is 151 Å². The van der Waals surface area contributed by atoms with Gasteiger partial charge in [-0.3, -0.25) is 4.79 Å². The normalized spacial score (nSPS) is 23.1. The van der Waals surface area contributed by atoms with Crippen molar-refractivity contribution in [1.29, 1.82) is 0 Å². The summed E-state index contributed by atoms with van der Waals surface area (Å²) in [6.07, 6.45) is 0.820. The van der Waals surface area contributed by atoms with Crippen molar-refractivity contribution in [2.24, 2.45) is 11.8 Å². The zero-order chi connectivity index (χ0) is 19.2. The van der Waals surface area contributed by atoms with E-state index >= 15 is 0 Å². The third kappa shape index (κ3) is 5.93. The van der Waals surface area contributed by atoms with Crippen molar-refractivity contribution < 1.29 is 22.7 Å². The molecular formula is C20H24F3NO2. The van der Waals surface area contributed by atoms with E-state index in [9.17, 15) is 18.0 Å². The van der Waals surface area contributed by atoms with E-state index in [4.69, 9.17) is 0 Å². The second kappa shape index (κ2) is 8.92. The van der Waals surface area contributed by atoms with Crippen LogP contribution in [0, 0.1) is 11.8 Å². The summed E-state index contributed by atoms with van der Waals surface area (Å²) in [4.78, 5) is 12.3. The highest BCUT2D eigenvalue weighted by molar-refractivity contribution is 5.83. The number of ether oxygens (including phenoxy) is 1. The molecule has 3 atom stereocenters. The van der Waals surface area contributed by atoms with E-state index in [0.717, 1.165) is 0 Å². The summed E-state index contributed by atoms with van der Waals surface area (Å²) in [6, 6.07) is 9.97. The molecule has 1 aliphatic rings. The van der Waals surface area contributed by atoms with Crippen molar-refractivity contribution in [3.05, 3.63) is 59.9 Å². The zero-order valence-electron chi connectivity index (χ0n) is 14.9. The predicted molar refractivity (Wildman–Crippen MR) is 94.4 cm³/mol. The van der Waals surface area contributed by atoms with Gasteiger partial charge < -0.3 is 10.1 Å². The second-order valence-corrected chi connectivity index (χ2v) is 6.40. The fourth-order valence-electron chi connectivity index (χ4n) is 3.04. The lowest BCUT2D eigenvalue weighted by atomic mass is 10.1. The van der Waals surface area contributed by atoms with Crippen molar-refractivity contribution in [2.75, 3.05) is 13.2 Å². The van der Waals surface area contributed by atoms with Crippen LogP contribution in [0.15, 0.2) is 54.3 Å². The largest absolute Gasteiger partial charge is 0.484 e. The van der Waals surface area contributed by atoms with Crippen LogP contribution in [0.3, 0.4) is 0 Å². The van der Waals surface area contributed by atoms with Gasteiger partial charge in [0.1, 0.15) is 5.76 Å². The minimum atomic E-state index is -4.35. The highest BCUT2D eigenvalue weighted by Crippen LogP contribution is 2.53. The maximum absolute atomic E-state index is 12.3. The van der Waals surface area contributed by atoms with Crippen molar-refractivity contribution in [3.8, 4) is 0 Å². The first kappa shape index (κ1) is 20.1. The molecule has 0 bridgehead atoms. The Kier molecular flexibility index (Phi) is 6.89. The maximum atomic E-state index is 12.3. The minimum absolute atomic E-state index is 0.0115. The van der Waals surface area contributed by atoms with Crippen molar-refractivity contribution in [3.63, 3.8) is 0 Å². The second-order valence-electron chi connectivity index (χ2n) is 6.40. The van der Waals surface area contributed by atoms with Gasteiger partial charge in [0, 0.05) is 12.5 Å². The van der Waals surface area contributed by atoms with E-state index < -0.39 is 12.8 Å². The fraction of sp³-hybridized carbons (Fsp3) is 0.450. The molecule has 0 radical (unpaired) electrons. The molecule has 1 saturated carbocycles. The molecule has 1 fully saturated rings. The van der Waals surface area contributed by atoms with Crippen LogP contribution in [0.4, 0.5) is 13.2 Å². The zero-order valence-corrected chi connectivity index (χ0v) is 14.9. The molecule has 1 aromatic carbocycles. The summed E-state index contributed by atoms with van der Waals surface area (Å²) in [7, 11) is 0. The first-order valence-electron chi connectivity index (χ1n) is 8.68. The summed E-state index contributed by atoms with van der Waals surface area (Å²) < 4.78 is 41.1. The standard InChI is InChI=1S/C20H24F3NO2/c1-3-16(26-13-20(21,22)23)11-7-8-12-24-19(25)18-14(2)17(18)15-9-5-4-6-10-15/h3-7,9-11,14,17-18H,8,12-13H2,1-2H3,(H,24,25). The molecule has 2 rings (SSSR count). The SMILES string of the molecule is CC=C(C=CCCNC(=O)C1C(C)C1c1ccccc1)OCC(F)(F)F. The van der Waals surface area contributed by atoms with Gasteiger partial charge >= 0.3 is 6.18 Å². The average Bonchev–Trinajstić information content (AvgIpc) is 3.28. The van der Waals surface area contributed by atoms with Crippen LogP contribution in [-0.2, 0) is 9.53 Å². The van der Waals surface area contributed by atoms with E-state index in [-0.39, 0.29) is 23.5 Å².